The molecule has 7 heteroatoms. The van der Waals surface area contributed by atoms with Crippen LogP contribution in [0.5, 0.6) is 0 Å². The maximum absolute atomic E-state index is 6.21. The van der Waals surface area contributed by atoms with Crippen LogP contribution in [0.1, 0.15) is 15.4 Å². The van der Waals surface area contributed by atoms with Gasteiger partial charge in [0.15, 0.2) is 5.96 Å². The van der Waals surface area contributed by atoms with Gasteiger partial charge in [-0.25, -0.2) is 4.98 Å². The second kappa shape index (κ2) is 8.50. The van der Waals surface area contributed by atoms with Crippen LogP contribution in [-0.4, -0.2) is 24.5 Å². The molecule has 0 fully saturated rings. The van der Waals surface area contributed by atoms with Crippen molar-refractivity contribution in [2.45, 2.75) is 19.9 Å². The number of thiazole rings is 1. The van der Waals surface area contributed by atoms with Crippen LogP contribution < -0.4 is 10.6 Å². The Morgan fingerprint density at radius 1 is 1.41 bits per heavy atom. The molecule has 2 N–H and O–H groups in total. The third kappa shape index (κ3) is 5.26. The minimum absolute atomic E-state index is 0.627. The molecular weight excluding hydrogens is 384 g/mol. The van der Waals surface area contributed by atoms with Gasteiger partial charge in [0.1, 0.15) is 0 Å². The maximum atomic E-state index is 6.21. The Labute approximate surface area is 148 Å². The van der Waals surface area contributed by atoms with Crippen LogP contribution in [-0.2, 0) is 13.0 Å². The van der Waals surface area contributed by atoms with Gasteiger partial charge in [-0.3, -0.25) is 4.99 Å². The lowest BCUT2D eigenvalue weighted by atomic mass is 10.2. The highest BCUT2D eigenvalue weighted by atomic mass is 79.9. The maximum Gasteiger partial charge on any atom is 0.191 e. The van der Waals surface area contributed by atoms with Crippen LogP contribution in [0, 0.1) is 6.92 Å². The number of hydrogen-bond acceptors (Lipinski definition) is 3. The minimum atomic E-state index is 0.627. The zero-order chi connectivity index (χ0) is 15.9. The number of aryl methyl sites for hydroxylation is 1. The van der Waals surface area contributed by atoms with Gasteiger partial charge < -0.3 is 10.6 Å². The van der Waals surface area contributed by atoms with Crippen molar-refractivity contribution in [3.05, 3.63) is 49.3 Å². The van der Waals surface area contributed by atoms with Crippen LogP contribution in [0.3, 0.4) is 0 Å². The van der Waals surface area contributed by atoms with Crippen LogP contribution in [0.2, 0.25) is 5.02 Å². The summed E-state index contributed by atoms with van der Waals surface area (Å²) in [6, 6.07) is 5.86. The van der Waals surface area contributed by atoms with E-state index < -0.39 is 0 Å². The molecule has 2 rings (SSSR count). The Bertz CT molecular complexity index is 657. The topological polar surface area (TPSA) is 49.3 Å². The predicted octanol–water partition coefficient (Wildman–Crippen LogP) is 3.78. The number of nitrogens with zero attached hydrogens (tertiary/aromatic N) is 2. The summed E-state index contributed by atoms with van der Waals surface area (Å²) in [6.45, 7) is 3.49. The third-order valence-corrected chi connectivity index (χ3v) is 4.80. The van der Waals surface area contributed by atoms with Gasteiger partial charge >= 0.3 is 0 Å². The van der Waals surface area contributed by atoms with E-state index in [9.17, 15) is 0 Å². The van der Waals surface area contributed by atoms with E-state index >= 15 is 0 Å². The van der Waals surface area contributed by atoms with E-state index in [2.05, 4.69) is 43.5 Å². The van der Waals surface area contributed by atoms with E-state index in [-0.39, 0.29) is 0 Å². The van der Waals surface area contributed by atoms with Crippen molar-refractivity contribution in [2.75, 3.05) is 13.6 Å². The van der Waals surface area contributed by atoms with Gasteiger partial charge in [0.25, 0.3) is 0 Å². The summed E-state index contributed by atoms with van der Waals surface area (Å²) in [7, 11) is 1.76. The molecule has 2 aromatic rings. The monoisotopic (exact) mass is 400 g/mol. The Balaban J connectivity index is 1.80. The van der Waals surface area contributed by atoms with Crippen molar-refractivity contribution in [1.29, 1.82) is 0 Å². The normalized spacial score (nSPS) is 11.5. The smallest absolute Gasteiger partial charge is 0.191 e. The molecule has 0 atom stereocenters. The Hall–Kier alpha value is -1.11. The summed E-state index contributed by atoms with van der Waals surface area (Å²) >= 11 is 11.3. The molecule has 1 heterocycles. The first-order chi connectivity index (χ1) is 10.6. The van der Waals surface area contributed by atoms with Crippen molar-refractivity contribution in [2.24, 2.45) is 4.99 Å². The molecule has 0 aliphatic heterocycles. The predicted molar refractivity (Wildman–Crippen MR) is 97.9 cm³/mol. The molecule has 0 saturated carbocycles. The number of hydrogen-bond donors (Lipinski definition) is 2. The number of nitrogens with one attached hydrogen (secondary N) is 2. The zero-order valence-corrected chi connectivity index (χ0v) is 15.6. The number of benzene rings is 1. The van der Waals surface area contributed by atoms with Gasteiger partial charge in [-0.2, -0.15) is 0 Å². The van der Waals surface area contributed by atoms with E-state index in [1.807, 2.05) is 24.4 Å². The molecule has 0 spiro atoms. The number of aromatic nitrogens is 1. The summed E-state index contributed by atoms with van der Waals surface area (Å²) in [5.74, 6) is 0.757. The highest BCUT2D eigenvalue weighted by Crippen LogP contribution is 2.21. The first-order valence-corrected chi connectivity index (χ1v) is 8.87. The second-order valence-corrected chi connectivity index (χ2v) is 7.35. The first-order valence-electron chi connectivity index (χ1n) is 6.88. The average Bonchev–Trinajstić information content (AvgIpc) is 2.89. The first kappa shape index (κ1) is 17.2. The molecule has 4 nitrogen and oxygen atoms in total. The number of halogens is 2. The molecule has 0 unspecified atom stereocenters. The van der Waals surface area contributed by atoms with E-state index in [1.165, 1.54) is 4.88 Å². The van der Waals surface area contributed by atoms with Gasteiger partial charge in [0.05, 0.1) is 5.01 Å². The molecule has 22 heavy (non-hydrogen) atoms. The largest absolute Gasteiger partial charge is 0.356 e. The second-order valence-electron chi connectivity index (χ2n) is 4.70. The molecule has 0 aliphatic carbocycles. The van der Waals surface area contributed by atoms with Crippen molar-refractivity contribution >= 4 is 44.8 Å². The summed E-state index contributed by atoms with van der Waals surface area (Å²) in [6.07, 6.45) is 2.79. The van der Waals surface area contributed by atoms with Crippen LogP contribution >= 0.6 is 38.9 Å². The SMILES string of the molecule is CN=C(NCCc1ncc(C)s1)NCc1ccc(Br)cc1Cl. The Morgan fingerprint density at radius 3 is 2.86 bits per heavy atom. The lowest BCUT2D eigenvalue weighted by Gasteiger charge is -2.12. The van der Waals surface area contributed by atoms with Crippen molar-refractivity contribution < 1.29 is 0 Å². The number of guanidine groups is 1. The van der Waals surface area contributed by atoms with Gasteiger partial charge in [0, 0.05) is 47.1 Å². The number of rotatable bonds is 5. The molecule has 118 valence electrons. The van der Waals surface area contributed by atoms with Crippen LogP contribution in [0.25, 0.3) is 0 Å². The fraction of sp³-hybridized carbons (Fsp3) is 0.333. The zero-order valence-electron chi connectivity index (χ0n) is 12.5. The molecule has 0 aliphatic rings. The Morgan fingerprint density at radius 2 is 2.23 bits per heavy atom. The summed E-state index contributed by atoms with van der Waals surface area (Å²) < 4.78 is 0.975. The summed E-state index contributed by atoms with van der Waals surface area (Å²) in [5, 5.41) is 8.41. The van der Waals surface area contributed by atoms with E-state index in [1.54, 1.807) is 18.4 Å². The molecule has 1 aromatic carbocycles. The Kier molecular flexibility index (Phi) is 6.67. The van der Waals surface area contributed by atoms with Gasteiger partial charge in [-0.05, 0) is 24.6 Å². The lowest BCUT2D eigenvalue weighted by Crippen LogP contribution is -2.37. The van der Waals surface area contributed by atoms with Gasteiger partial charge in [-0.15, -0.1) is 11.3 Å². The standard InChI is InChI=1S/C15H18BrClN4S/c1-10-8-20-14(22-10)5-6-19-15(18-2)21-9-11-3-4-12(16)7-13(11)17/h3-4,7-8H,5-6,9H2,1-2H3,(H2,18,19,21). The van der Waals surface area contributed by atoms with Crippen LogP contribution in [0.15, 0.2) is 33.9 Å². The van der Waals surface area contributed by atoms with Crippen LogP contribution in [0.4, 0.5) is 0 Å². The molecule has 0 saturated heterocycles. The fourth-order valence-corrected chi connectivity index (χ4v) is 3.40. The quantitative estimate of drug-likeness (QED) is 0.592. The molecule has 0 radical (unpaired) electrons. The third-order valence-electron chi connectivity index (χ3n) is 2.99. The average molecular weight is 402 g/mol. The molecule has 0 amide bonds. The summed E-state index contributed by atoms with van der Waals surface area (Å²) in [4.78, 5) is 9.80. The van der Waals surface area contributed by atoms with Crippen molar-refractivity contribution in [1.82, 2.24) is 15.6 Å². The van der Waals surface area contributed by atoms with E-state index in [4.69, 9.17) is 11.6 Å². The van der Waals surface area contributed by atoms with E-state index in [0.29, 0.717) is 6.54 Å². The van der Waals surface area contributed by atoms with E-state index in [0.717, 1.165) is 39.0 Å². The molecule has 0 bridgehead atoms. The summed E-state index contributed by atoms with van der Waals surface area (Å²) in [5.41, 5.74) is 1.03. The van der Waals surface area contributed by atoms with Gasteiger partial charge in [-0.1, -0.05) is 33.6 Å². The lowest BCUT2D eigenvalue weighted by molar-refractivity contribution is 0.792. The fourth-order valence-electron chi connectivity index (χ4n) is 1.87. The minimum Gasteiger partial charge on any atom is -0.356 e. The van der Waals surface area contributed by atoms with Gasteiger partial charge in [0.2, 0.25) is 0 Å². The molecule has 1 aromatic heterocycles. The number of aliphatic imine (C=N–C) groups is 1. The highest BCUT2D eigenvalue weighted by molar-refractivity contribution is 9.10. The molecular formula is C15H18BrClN4S. The highest BCUT2D eigenvalue weighted by Gasteiger charge is 2.04. The van der Waals surface area contributed by atoms with Crippen molar-refractivity contribution in [3.8, 4) is 0 Å². The van der Waals surface area contributed by atoms with Crippen molar-refractivity contribution in [3.63, 3.8) is 0 Å².